The van der Waals surface area contributed by atoms with E-state index in [0.29, 0.717) is 13.1 Å². The maximum Gasteiger partial charge on any atom is 0.253 e. The highest BCUT2D eigenvalue weighted by Crippen LogP contribution is 2.18. The van der Waals surface area contributed by atoms with Gasteiger partial charge in [-0.3, -0.25) is 4.79 Å². The van der Waals surface area contributed by atoms with Gasteiger partial charge in [-0.15, -0.1) is 0 Å². The van der Waals surface area contributed by atoms with Crippen molar-refractivity contribution in [3.63, 3.8) is 0 Å². The Morgan fingerprint density at radius 2 is 2.08 bits per heavy atom. The van der Waals surface area contributed by atoms with Crippen molar-refractivity contribution in [3.8, 4) is 0 Å². The molecule has 2 N–H and O–H groups in total. The Hall–Kier alpha value is -0.610. The molecule has 1 saturated heterocycles. The van der Waals surface area contributed by atoms with E-state index in [-0.39, 0.29) is 18.4 Å². The van der Waals surface area contributed by atoms with Crippen LogP contribution in [0.15, 0.2) is 0 Å². The molecule has 0 saturated carbocycles. The summed E-state index contributed by atoms with van der Waals surface area (Å²) in [5.41, 5.74) is -1.28. The first-order valence-electron chi connectivity index (χ1n) is 4.07. The predicted octanol–water partition coefficient (Wildman–Crippen LogP) is -0.792. The largest absolute Gasteiger partial charge is 0.396 e. The molecule has 0 aliphatic carbocycles. The van der Waals surface area contributed by atoms with Gasteiger partial charge < -0.3 is 15.1 Å². The van der Waals surface area contributed by atoms with E-state index >= 15 is 0 Å². The Bertz CT molecular complexity index is 179. The van der Waals surface area contributed by atoms with Crippen LogP contribution in [0.25, 0.3) is 0 Å². The van der Waals surface area contributed by atoms with E-state index in [1.54, 1.807) is 4.90 Å². The maximum atomic E-state index is 11.3. The summed E-state index contributed by atoms with van der Waals surface area (Å²) < 4.78 is 0. The van der Waals surface area contributed by atoms with E-state index in [4.69, 9.17) is 5.11 Å². The first kappa shape index (κ1) is 9.48. The number of nitrogens with zero attached hydrogens (tertiary/aromatic N) is 1. The molecule has 0 atom stereocenters. The van der Waals surface area contributed by atoms with E-state index in [1.807, 2.05) is 0 Å². The van der Waals surface area contributed by atoms with Crippen molar-refractivity contribution in [3.05, 3.63) is 0 Å². The zero-order chi connectivity index (χ0) is 9.35. The minimum Gasteiger partial charge on any atom is -0.396 e. The molecular formula is C8H15NO3. The van der Waals surface area contributed by atoms with Gasteiger partial charge in [0.25, 0.3) is 5.91 Å². The highest BCUT2D eigenvalue weighted by atomic mass is 16.3. The molecule has 70 valence electrons. The monoisotopic (exact) mass is 173 g/mol. The second-order valence-corrected chi connectivity index (χ2v) is 3.82. The summed E-state index contributed by atoms with van der Waals surface area (Å²) in [5, 5.41) is 18.0. The number of hydrogen-bond acceptors (Lipinski definition) is 3. The van der Waals surface area contributed by atoms with Crippen molar-refractivity contribution in [2.24, 2.45) is 5.92 Å². The number of carbonyl (C=O) groups is 1. The van der Waals surface area contributed by atoms with Gasteiger partial charge in [0.05, 0.1) is 0 Å². The summed E-state index contributed by atoms with van der Waals surface area (Å²) >= 11 is 0. The first-order chi connectivity index (χ1) is 5.45. The van der Waals surface area contributed by atoms with Crippen LogP contribution in [0.2, 0.25) is 0 Å². The molecule has 1 rings (SSSR count). The molecule has 4 nitrogen and oxygen atoms in total. The maximum absolute atomic E-state index is 11.3. The molecule has 1 aliphatic rings. The minimum absolute atomic E-state index is 0.121. The van der Waals surface area contributed by atoms with Gasteiger partial charge >= 0.3 is 0 Å². The Labute approximate surface area is 71.8 Å². The third-order valence-electron chi connectivity index (χ3n) is 2.03. The number of likely N-dealkylation sites (tertiary alicyclic amines) is 1. The average molecular weight is 173 g/mol. The van der Waals surface area contributed by atoms with Crippen LogP contribution in [0.3, 0.4) is 0 Å². The molecule has 0 unspecified atom stereocenters. The fraction of sp³-hybridized carbons (Fsp3) is 0.875. The predicted molar refractivity (Wildman–Crippen MR) is 43.5 cm³/mol. The molecule has 0 bridgehead atoms. The SMILES string of the molecule is CC(C)(O)C(=O)N1CC(CO)C1. The summed E-state index contributed by atoms with van der Waals surface area (Å²) in [6.45, 7) is 4.21. The lowest BCUT2D eigenvalue weighted by molar-refractivity contribution is -0.155. The van der Waals surface area contributed by atoms with Crippen LogP contribution in [-0.4, -0.2) is 46.3 Å². The summed E-state index contributed by atoms with van der Waals surface area (Å²) in [4.78, 5) is 12.9. The number of aliphatic hydroxyl groups is 2. The Morgan fingerprint density at radius 1 is 1.58 bits per heavy atom. The normalized spacial score (nSPS) is 19.2. The topological polar surface area (TPSA) is 60.8 Å². The van der Waals surface area contributed by atoms with E-state index in [0.717, 1.165) is 0 Å². The number of amides is 1. The molecule has 4 heteroatoms. The lowest BCUT2D eigenvalue weighted by atomic mass is 9.98. The van der Waals surface area contributed by atoms with Crippen molar-refractivity contribution in [1.82, 2.24) is 4.90 Å². The average Bonchev–Trinajstić information content (AvgIpc) is 1.83. The van der Waals surface area contributed by atoms with Gasteiger partial charge in [0, 0.05) is 25.6 Å². The van der Waals surface area contributed by atoms with Crippen LogP contribution in [0.5, 0.6) is 0 Å². The summed E-state index contributed by atoms with van der Waals surface area (Å²) in [6.07, 6.45) is 0. The fourth-order valence-corrected chi connectivity index (χ4v) is 1.24. The van der Waals surface area contributed by atoms with Gasteiger partial charge in [-0.2, -0.15) is 0 Å². The summed E-state index contributed by atoms with van der Waals surface area (Å²) in [6, 6.07) is 0. The van der Waals surface area contributed by atoms with Crippen molar-refractivity contribution in [2.45, 2.75) is 19.4 Å². The molecule has 1 heterocycles. The van der Waals surface area contributed by atoms with Gasteiger partial charge in [-0.1, -0.05) is 0 Å². The Balaban J connectivity index is 2.39. The molecule has 0 aromatic heterocycles. The van der Waals surface area contributed by atoms with Crippen LogP contribution in [0, 0.1) is 5.92 Å². The fourth-order valence-electron chi connectivity index (χ4n) is 1.24. The molecule has 0 spiro atoms. The van der Waals surface area contributed by atoms with Crippen LogP contribution < -0.4 is 0 Å². The molecule has 0 radical (unpaired) electrons. The molecule has 1 amide bonds. The second kappa shape index (κ2) is 3.03. The van der Waals surface area contributed by atoms with Crippen LogP contribution >= 0.6 is 0 Å². The van der Waals surface area contributed by atoms with E-state index in [1.165, 1.54) is 13.8 Å². The number of hydrogen-bond donors (Lipinski definition) is 2. The Kier molecular flexibility index (Phi) is 2.39. The van der Waals surface area contributed by atoms with Gasteiger partial charge in [0.1, 0.15) is 5.60 Å². The van der Waals surface area contributed by atoms with E-state index < -0.39 is 5.60 Å². The van der Waals surface area contributed by atoms with Gasteiger partial charge in [-0.05, 0) is 13.8 Å². The van der Waals surface area contributed by atoms with E-state index in [2.05, 4.69) is 0 Å². The molecule has 12 heavy (non-hydrogen) atoms. The third kappa shape index (κ3) is 1.76. The second-order valence-electron chi connectivity index (χ2n) is 3.82. The zero-order valence-electron chi connectivity index (χ0n) is 7.45. The van der Waals surface area contributed by atoms with Crippen molar-refractivity contribution < 1.29 is 15.0 Å². The lowest BCUT2D eigenvalue weighted by Crippen LogP contribution is -2.57. The summed E-state index contributed by atoms with van der Waals surface area (Å²) in [7, 11) is 0. The van der Waals surface area contributed by atoms with Gasteiger partial charge in [0.2, 0.25) is 0 Å². The molecule has 1 fully saturated rings. The zero-order valence-corrected chi connectivity index (χ0v) is 7.45. The lowest BCUT2D eigenvalue weighted by Gasteiger charge is -2.40. The standard InChI is InChI=1S/C8H15NO3/c1-8(2,12)7(11)9-3-6(4-9)5-10/h6,10,12H,3-5H2,1-2H3. The minimum atomic E-state index is -1.28. The Morgan fingerprint density at radius 3 is 2.42 bits per heavy atom. The molecule has 1 aliphatic heterocycles. The highest BCUT2D eigenvalue weighted by molar-refractivity contribution is 5.84. The van der Waals surface area contributed by atoms with Crippen molar-refractivity contribution in [2.75, 3.05) is 19.7 Å². The van der Waals surface area contributed by atoms with Gasteiger partial charge in [0.15, 0.2) is 0 Å². The first-order valence-corrected chi connectivity index (χ1v) is 4.07. The number of aliphatic hydroxyl groups excluding tert-OH is 1. The smallest absolute Gasteiger partial charge is 0.253 e. The number of rotatable bonds is 2. The quantitative estimate of drug-likeness (QED) is 0.575. The highest BCUT2D eigenvalue weighted by Gasteiger charge is 2.36. The summed E-state index contributed by atoms with van der Waals surface area (Å²) in [5.74, 6) is -0.0523. The third-order valence-corrected chi connectivity index (χ3v) is 2.03. The van der Waals surface area contributed by atoms with Crippen molar-refractivity contribution in [1.29, 1.82) is 0 Å². The van der Waals surface area contributed by atoms with Gasteiger partial charge in [-0.25, -0.2) is 0 Å². The van der Waals surface area contributed by atoms with Crippen LogP contribution in [-0.2, 0) is 4.79 Å². The van der Waals surface area contributed by atoms with Crippen molar-refractivity contribution >= 4 is 5.91 Å². The molecular weight excluding hydrogens is 158 g/mol. The van der Waals surface area contributed by atoms with Crippen LogP contribution in [0.4, 0.5) is 0 Å². The van der Waals surface area contributed by atoms with E-state index in [9.17, 15) is 9.90 Å². The molecule has 0 aromatic rings. The van der Waals surface area contributed by atoms with Crippen LogP contribution in [0.1, 0.15) is 13.8 Å². The number of carbonyl (C=O) groups excluding carboxylic acids is 1. The molecule has 0 aromatic carbocycles.